The van der Waals surface area contributed by atoms with Crippen molar-refractivity contribution in [3.05, 3.63) is 18.3 Å². The predicted molar refractivity (Wildman–Crippen MR) is 77.7 cm³/mol. The lowest BCUT2D eigenvalue weighted by molar-refractivity contribution is 0.256. The van der Waals surface area contributed by atoms with Crippen LogP contribution < -0.4 is 5.32 Å². The standard InChI is InChI=1S/C13H23N3O2S/c1-6-13(3,4)16(5)19(17,18)12-11(14-7-2)9-8-10-15-12/h8-10,14H,6-7H2,1-5H3. The predicted octanol–water partition coefficient (Wildman–Crippen LogP) is 2.32. The first-order chi connectivity index (χ1) is 8.77. The number of hydrogen-bond acceptors (Lipinski definition) is 4. The number of nitrogens with one attached hydrogen (secondary N) is 1. The molecule has 5 nitrogen and oxygen atoms in total. The zero-order chi connectivity index (χ0) is 14.7. The Labute approximate surface area is 116 Å². The number of nitrogens with zero attached hydrogens (tertiary/aromatic N) is 2. The molecule has 1 rings (SSSR count). The van der Waals surface area contributed by atoms with Crippen LogP contribution in [0.3, 0.4) is 0 Å². The van der Waals surface area contributed by atoms with Gasteiger partial charge in [-0.15, -0.1) is 0 Å². The van der Waals surface area contributed by atoms with Crippen molar-refractivity contribution >= 4 is 15.7 Å². The molecular formula is C13H23N3O2S. The van der Waals surface area contributed by atoms with Crippen LogP contribution in [0, 0.1) is 0 Å². The van der Waals surface area contributed by atoms with E-state index < -0.39 is 15.6 Å². The fourth-order valence-corrected chi connectivity index (χ4v) is 3.25. The van der Waals surface area contributed by atoms with Gasteiger partial charge in [0, 0.05) is 25.3 Å². The van der Waals surface area contributed by atoms with Crippen LogP contribution in [-0.2, 0) is 10.0 Å². The first kappa shape index (κ1) is 15.9. The van der Waals surface area contributed by atoms with Crippen molar-refractivity contribution in [2.45, 2.75) is 44.7 Å². The molecule has 0 fully saturated rings. The number of aromatic nitrogens is 1. The molecule has 0 atom stereocenters. The van der Waals surface area contributed by atoms with Crippen LogP contribution in [0.5, 0.6) is 0 Å². The van der Waals surface area contributed by atoms with Crippen molar-refractivity contribution in [2.24, 2.45) is 0 Å². The average molecular weight is 285 g/mol. The summed E-state index contributed by atoms with van der Waals surface area (Å²) in [7, 11) is -2.00. The van der Waals surface area contributed by atoms with Gasteiger partial charge in [-0.05, 0) is 39.3 Å². The summed E-state index contributed by atoms with van der Waals surface area (Å²) in [6, 6.07) is 3.46. The highest BCUT2D eigenvalue weighted by molar-refractivity contribution is 7.89. The van der Waals surface area contributed by atoms with Crippen LogP contribution in [0.1, 0.15) is 34.1 Å². The molecule has 0 unspecified atom stereocenters. The summed E-state index contributed by atoms with van der Waals surface area (Å²) in [5.41, 5.74) is 0.101. The SMILES string of the molecule is CCNc1cccnc1S(=O)(=O)N(C)C(C)(C)CC. The number of sulfonamides is 1. The molecule has 108 valence electrons. The Bertz CT molecular complexity index is 526. The molecule has 6 heteroatoms. The molecule has 0 radical (unpaired) electrons. The molecule has 0 saturated heterocycles. The van der Waals surface area contributed by atoms with Crippen LogP contribution in [0.15, 0.2) is 23.4 Å². The first-order valence-corrected chi connectivity index (χ1v) is 7.89. The Hall–Kier alpha value is -1.14. The van der Waals surface area contributed by atoms with Gasteiger partial charge in [0.25, 0.3) is 10.0 Å². The molecule has 0 spiro atoms. The molecule has 0 aliphatic heterocycles. The Morgan fingerprint density at radius 2 is 2.00 bits per heavy atom. The monoisotopic (exact) mass is 285 g/mol. The van der Waals surface area contributed by atoms with E-state index in [2.05, 4.69) is 10.3 Å². The van der Waals surface area contributed by atoms with E-state index in [1.807, 2.05) is 27.7 Å². The van der Waals surface area contributed by atoms with E-state index in [-0.39, 0.29) is 5.03 Å². The third kappa shape index (κ3) is 3.25. The Kier molecular flexibility index (Phi) is 4.92. The van der Waals surface area contributed by atoms with Gasteiger partial charge < -0.3 is 5.32 Å². The third-order valence-corrected chi connectivity index (χ3v) is 5.49. The van der Waals surface area contributed by atoms with Crippen molar-refractivity contribution in [3.63, 3.8) is 0 Å². The van der Waals surface area contributed by atoms with Gasteiger partial charge in [0.05, 0.1) is 5.69 Å². The van der Waals surface area contributed by atoms with E-state index in [9.17, 15) is 8.42 Å². The van der Waals surface area contributed by atoms with Crippen molar-refractivity contribution in [1.82, 2.24) is 9.29 Å². The second-order valence-corrected chi connectivity index (χ2v) is 6.91. The number of rotatable bonds is 6. The molecular weight excluding hydrogens is 262 g/mol. The van der Waals surface area contributed by atoms with E-state index in [0.29, 0.717) is 12.2 Å². The molecule has 0 saturated carbocycles. The van der Waals surface area contributed by atoms with E-state index >= 15 is 0 Å². The van der Waals surface area contributed by atoms with Gasteiger partial charge in [-0.2, -0.15) is 4.31 Å². The lowest BCUT2D eigenvalue weighted by Crippen LogP contribution is -2.44. The summed E-state index contributed by atoms with van der Waals surface area (Å²) in [5, 5.41) is 3.12. The largest absolute Gasteiger partial charge is 0.383 e. The van der Waals surface area contributed by atoms with Crippen LogP contribution in [0.2, 0.25) is 0 Å². The Morgan fingerprint density at radius 3 is 2.53 bits per heavy atom. The van der Waals surface area contributed by atoms with Crippen molar-refractivity contribution in [3.8, 4) is 0 Å². The normalized spacial score (nSPS) is 12.7. The summed E-state index contributed by atoms with van der Waals surface area (Å²) in [6.07, 6.45) is 2.23. The summed E-state index contributed by atoms with van der Waals surface area (Å²) in [5.74, 6) is 0. The fourth-order valence-electron chi connectivity index (χ4n) is 1.60. The smallest absolute Gasteiger partial charge is 0.262 e. The molecule has 0 amide bonds. The quantitative estimate of drug-likeness (QED) is 0.871. The first-order valence-electron chi connectivity index (χ1n) is 6.45. The van der Waals surface area contributed by atoms with Gasteiger partial charge in [0.1, 0.15) is 0 Å². The summed E-state index contributed by atoms with van der Waals surface area (Å²) in [4.78, 5) is 4.05. The third-order valence-electron chi connectivity index (χ3n) is 3.46. The minimum atomic E-state index is -3.60. The number of hydrogen-bond donors (Lipinski definition) is 1. The Morgan fingerprint density at radius 1 is 1.37 bits per heavy atom. The van der Waals surface area contributed by atoms with Crippen molar-refractivity contribution in [1.29, 1.82) is 0 Å². The molecule has 19 heavy (non-hydrogen) atoms. The lowest BCUT2D eigenvalue weighted by Gasteiger charge is -2.33. The van der Waals surface area contributed by atoms with E-state index in [1.165, 1.54) is 10.5 Å². The zero-order valence-corrected chi connectivity index (χ0v) is 13.1. The maximum atomic E-state index is 12.7. The van der Waals surface area contributed by atoms with E-state index in [4.69, 9.17) is 0 Å². The second kappa shape index (κ2) is 5.88. The molecule has 0 aliphatic rings. The van der Waals surface area contributed by atoms with Gasteiger partial charge in [-0.25, -0.2) is 13.4 Å². The van der Waals surface area contributed by atoms with Gasteiger partial charge >= 0.3 is 0 Å². The molecule has 0 bridgehead atoms. The van der Waals surface area contributed by atoms with Gasteiger partial charge in [0.15, 0.2) is 5.03 Å². The van der Waals surface area contributed by atoms with Crippen molar-refractivity contribution in [2.75, 3.05) is 18.9 Å². The van der Waals surface area contributed by atoms with Gasteiger partial charge in [-0.3, -0.25) is 0 Å². The van der Waals surface area contributed by atoms with Crippen LogP contribution in [0.4, 0.5) is 5.69 Å². The maximum absolute atomic E-state index is 12.7. The molecule has 1 aromatic heterocycles. The lowest BCUT2D eigenvalue weighted by atomic mass is 10.0. The molecule has 0 aliphatic carbocycles. The topological polar surface area (TPSA) is 62.3 Å². The zero-order valence-electron chi connectivity index (χ0n) is 12.3. The van der Waals surface area contributed by atoms with E-state index in [1.54, 1.807) is 19.2 Å². The highest BCUT2D eigenvalue weighted by atomic mass is 32.2. The summed E-state index contributed by atoms with van der Waals surface area (Å²) < 4.78 is 26.7. The number of anilines is 1. The van der Waals surface area contributed by atoms with Gasteiger partial charge in [0.2, 0.25) is 0 Å². The minimum Gasteiger partial charge on any atom is -0.383 e. The van der Waals surface area contributed by atoms with Crippen LogP contribution in [-0.4, -0.2) is 36.8 Å². The average Bonchev–Trinajstić information content (AvgIpc) is 2.38. The van der Waals surface area contributed by atoms with Crippen LogP contribution >= 0.6 is 0 Å². The highest BCUT2D eigenvalue weighted by Crippen LogP contribution is 2.27. The second-order valence-electron chi connectivity index (χ2n) is 5.02. The number of pyridine rings is 1. The molecule has 0 aromatic carbocycles. The van der Waals surface area contributed by atoms with Gasteiger partial charge in [-0.1, -0.05) is 6.92 Å². The minimum absolute atomic E-state index is 0.0841. The summed E-state index contributed by atoms with van der Waals surface area (Å²) >= 11 is 0. The molecule has 1 heterocycles. The van der Waals surface area contributed by atoms with E-state index in [0.717, 1.165) is 6.42 Å². The van der Waals surface area contributed by atoms with Crippen LogP contribution in [0.25, 0.3) is 0 Å². The fraction of sp³-hybridized carbons (Fsp3) is 0.615. The molecule has 1 aromatic rings. The Balaban J connectivity index is 3.28. The summed E-state index contributed by atoms with van der Waals surface area (Å²) in [6.45, 7) is 8.34. The molecule has 1 N–H and O–H groups in total. The maximum Gasteiger partial charge on any atom is 0.262 e. The van der Waals surface area contributed by atoms with Crippen molar-refractivity contribution < 1.29 is 8.42 Å². The highest BCUT2D eigenvalue weighted by Gasteiger charge is 2.34.